The van der Waals surface area contributed by atoms with Crippen molar-refractivity contribution in [1.29, 1.82) is 0 Å². The van der Waals surface area contributed by atoms with Crippen molar-refractivity contribution in [2.24, 2.45) is 5.73 Å². The number of nitrogens with zero attached hydrogens (tertiary/aromatic N) is 3. The van der Waals surface area contributed by atoms with Gasteiger partial charge < -0.3 is 11.1 Å². The van der Waals surface area contributed by atoms with Gasteiger partial charge in [0.25, 0.3) is 11.6 Å². The molecule has 3 aromatic rings. The average molecular weight is 355 g/mol. The Morgan fingerprint density at radius 1 is 1.36 bits per heavy atom. The average Bonchev–Trinajstić information content (AvgIpc) is 3.01. The van der Waals surface area contributed by atoms with Crippen molar-refractivity contribution >= 4 is 34.4 Å². The highest BCUT2D eigenvalue weighted by Gasteiger charge is 2.16. The van der Waals surface area contributed by atoms with Gasteiger partial charge in [-0.3, -0.25) is 14.9 Å². The maximum Gasteiger partial charge on any atom is 0.288 e. The monoisotopic (exact) mass is 355 g/mol. The summed E-state index contributed by atoms with van der Waals surface area (Å²) in [6.07, 6.45) is 1.07. The summed E-state index contributed by atoms with van der Waals surface area (Å²) in [5.74, 6) is -0.643. The molecule has 0 atom stereocenters. The van der Waals surface area contributed by atoms with Crippen LogP contribution >= 0.6 is 11.3 Å². The van der Waals surface area contributed by atoms with Gasteiger partial charge in [-0.1, -0.05) is 12.1 Å². The molecule has 1 amide bonds. The topological polar surface area (TPSA) is 124 Å². The molecule has 126 valence electrons. The van der Waals surface area contributed by atoms with Crippen molar-refractivity contribution in [3.63, 3.8) is 0 Å². The Hall–Kier alpha value is -3.33. The number of hydrogen-bond donors (Lipinski definition) is 2. The van der Waals surface area contributed by atoms with Crippen molar-refractivity contribution in [3.8, 4) is 10.6 Å². The van der Waals surface area contributed by atoms with E-state index in [4.69, 9.17) is 5.73 Å². The minimum Gasteiger partial charge on any atom is -0.365 e. The maximum absolute atomic E-state index is 11.6. The van der Waals surface area contributed by atoms with Gasteiger partial charge in [0.1, 0.15) is 17.0 Å². The molecule has 25 heavy (non-hydrogen) atoms. The molecule has 0 saturated carbocycles. The number of carbonyl (C=O) groups excluding carboxylic acids is 1. The lowest BCUT2D eigenvalue weighted by Gasteiger charge is -2.09. The number of carbonyl (C=O) groups is 1. The number of aryl methyl sites for hydroxylation is 1. The third-order valence-electron chi connectivity index (χ3n) is 3.34. The number of pyridine rings is 1. The van der Waals surface area contributed by atoms with Gasteiger partial charge in [-0.15, -0.1) is 11.3 Å². The fourth-order valence-electron chi connectivity index (χ4n) is 2.19. The van der Waals surface area contributed by atoms with E-state index in [1.165, 1.54) is 11.3 Å². The summed E-state index contributed by atoms with van der Waals surface area (Å²) in [5.41, 5.74) is 7.47. The van der Waals surface area contributed by atoms with E-state index in [2.05, 4.69) is 15.3 Å². The molecule has 0 fully saturated rings. The molecule has 0 unspecified atom stereocenters. The Morgan fingerprint density at radius 3 is 2.80 bits per heavy atom. The number of nitro groups is 1. The number of rotatable bonds is 5. The smallest absolute Gasteiger partial charge is 0.288 e. The molecule has 0 bridgehead atoms. The Labute approximate surface area is 146 Å². The third kappa shape index (κ3) is 3.61. The lowest BCUT2D eigenvalue weighted by molar-refractivity contribution is -0.385. The molecule has 0 saturated heterocycles. The van der Waals surface area contributed by atoms with Gasteiger partial charge >= 0.3 is 0 Å². The standard InChI is InChI=1S/C16H13N5O3S/c1-9-8-25-16(19-9)10-3-2-4-11(5-10)20-15-13(14(17)22)6-12(7-18-15)21(23)24/h2-8H,1H3,(H2,17,22)(H,18,20). The predicted octanol–water partition coefficient (Wildman–Crippen LogP) is 3.26. The van der Waals surface area contributed by atoms with Gasteiger partial charge in [-0.25, -0.2) is 9.97 Å². The SMILES string of the molecule is Cc1csc(-c2cccc(Nc3ncc([N+](=O)[O-])cc3C(N)=O)c2)n1. The Kier molecular flexibility index (Phi) is 4.40. The number of nitrogens with two attached hydrogens (primary N) is 1. The summed E-state index contributed by atoms with van der Waals surface area (Å²) in [7, 11) is 0. The van der Waals surface area contributed by atoms with E-state index in [1.54, 1.807) is 6.07 Å². The van der Waals surface area contributed by atoms with Gasteiger partial charge in [-0.2, -0.15) is 0 Å². The Bertz CT molecular complexity index is 970. The van der Waals surface area contributed by atoms with Gasteiger partial charge in [0, 0.05) is 28.4 Å². The zero-order valence-electron chi connectivity index (χ0n) is 13.1. The number of amides is 1. The fourth-order valence-corrected chi connectivity index (χ4v) is 2.99. The Balaban J connectivity index is 1.95. The van der Waals surface area contributed by atoms with Crippen LogP contribution in [0.4, 0.5) is 17.2 Å². The highest BCUT2D eigenvalue weighted by molar-refractivity contribution is 7.13. The maximum atomic E-state index is 11.6. The molecule has 0 aliphatic carbocycles. The lowest BCUT2D eigenvalue weighted by atomic mass is 10.2. The number of hydrogen-bond acceptors (Lipinski definition) is 7. The van der Waals surface area contributed by atoms with Gasteiger partial charge in [0.2, 0.25) is 0 Å². The molecular formula is C16H13N5O3S. The van der Waals surface area contributed by atoms with Crippen LogP contribution in [-0.2, 0) is 0 Å². The van der Waals surface area contributed by atoms with Gasteiger partial charge in [0.15, 0.2) is 0 Å². The van der Waals surface area contributed by atoms with Crippen molar-refractivity contribution in [2.75, 3.05) is 5.32 Å². The predicted molar refractivity (Wildman–Crippen MR) is 95.0 cm³/mol. The molecule has 1 aromatic carbocycles. The summed E-state index contributed by atoms with van der Waals surface area (Å²) >= 11 is 1.53. The molecular weight excluding hydrogens is 342 g/mol. The van der Waals surface area contributed by atoms with E-state index in [-0.39, 0.29) is 17.1 Å². The first kappa shape index (κ1) is 16.5. The quantitative estimate of drug-likeness (QED) is 0.534. The largest absolute Gasteiger partial charge is 0.365 e. The van der Waals surface area contributed by atoms with Crippen LogP contribution in [0.2, 0.25) is 0 Å². The first-order valence-electron chi connectivity index (χ1n) is 7.18. The fraction of sp³-hybridized carbons (Fsp3) is 0.0625. The molecule has 8 nitrogen and oxygen atoms in total. The van der Waals surface area contributed by atoms with E-state index >= 15 is 0 Å². The summed E-state index contributed by atoms with van der Waals surface area (Å²) < 4.78 is 0. The van der Waals surface area contributed by atoms with E-state index in [1.807, 2.05) is 30.5 Å². The number of benzene rings is 1. The Morgan fingerprint density at radius 2 is 2.16 bits per heavy atom. The molecule has 0 aliphatic rings. The highest BCUT2D eigenvalue weighted by atomic mass is 32.1. The molecule has 0 spiro atoms. The van der Waals surface area contributed by atoms with Crippen LogP contribution < -0.4 is 11.1 Å². The second kappa shape index (κ2) is 6.65. The van der Waals surface area contributed by atoms with Crippen LogP contribution in [0.3, 0.4) is 0 Å². The number of anilines is 2. The molecule has 0 aliphatic heterocycles. The van der Waals surface area contributed by atoms with Crippen molar-refractivity contribution in [1.82, 2.24) is 9.97 Å². The number of aromatic nitrogens is 2. The minimum atomic E-state index is -0.801. The van der Waals surface area contributed by atoms with Crippen LogP contribution in [-0.4, -0.2) is 20.8 Å². The molecule has 3 rings (SSSR count). The summed E-state index contributed by atoms with van der Waals surface area (Å²) in [4.78, 5) is 30.2. The summed E-state index contributed by atoms with van der Waals surface area (Å²) in [6.45, 7) is 1.92. The zero-order chi connectivity index (χ0) is 18.0. The highest BCUT2D eigenvalue weighted by Crippen LogP contribution is 2.28. The number of thiazole rings is 1. The van der Waals surface area contributed by atoms with Crippen LogP contribution in [0.15, 0.2) is 41.9 Å². The van der Waals surface area contributed by atoms with Gasteiger partial charge in [0.05, 0.1) is 10.5 Å². The van der Waals surface area contributed by atoms with Crippen LogP contribution in [0.5, 0.6) is 0 Å². The van der Waals surface area contributed by atoms with Crippen molar-refractivity contribution in [2.45, 2.75) is 6.92 Å². The lowest BCUT2D eigenvalue weighted by Crippen LogP contribution is -2.14. The van der Waals surface area contributed by atoms with Crippen LogP contribution in [0.25, 0.3) is 10.6 Å². The van der Waals surface area contributed by atoms with E-state index in [0.717, 1.165) is 28.5 Å². The summed E-state index contributed by atoms with van der Waals surface area (Å²) in [5, 5.41) is 16.6. The van der Waals surface area contributed by atoms with Crippen molar-refractivity contribution in [3.05, 3.63) is 63.3 Å². The first-order chi connectivity index (χ1) is 11.9. The first-order valence-corrected chi connectivity index (χ1v) is 8.06. The number of nitrogens with one attached hydrogen (secondary N) is 1. The van der Waals surface area contributed by atoms with E-state index in [0.29, 0.717) is 5.69 Å². The van der Waals surface area contributed by atoms with Crippen LogP contribution in [0, 0.1) is 17.0 Å². The molecule has 9 heteroatoms. The van der Waals surface area contributed by atoms with E-state index < -0.39 is 10.8 Å². The zero-order valence-corrected chi connectivity index (χ0v) is 13.9. The van der Waals surface area contributed by atoms with Gasteiger partial charge in [-0.05, 0) is 19.1 Å². The molecule has 2 aromatic heterocycles. The van der Waals surface area contributed by atoms with Crippen molar-refractivity contribution < 1.29 is 9.72 Å². The third-order valence-corrected chi connectivity index (χ3v) is 4.35. The summed E-state index contributed by atoms with van der Waals surface area (Å²) in [6, 6.07) is 8.50. The molecule has 3 N–H and O–H groups in total. The number of primary amides is 1. The van der Waals surface area contributed by atoms with Crippen LogP contribution in [0.1, 0.15) is 16.1 Å². The second-order valence-corrected chi connectivity index (χ2v) is 6.07. The normalized spacial score (nSPS) is 10.4. The minimum absolute atomic E-state index is 0.0512. The van der Waals surface area contributed by atoms with E-state index in [9.17, 15) is 14.9 Å². The second-order valence-electron chi connectivity index (χ2n) is 5.21. The molecule has 2 heterocycles. The molecule has 0 radical (unpaired) electrons.